The second-order valence-electron chi connectivity index (χ2n) is 4.56. The summed E-state index contributed by atoms with van der Waals surface area (Å²) in [4.78, 5) is 0. The van der Waals surface area contributed by atoms with E-state index in [9.17, 15) is 5.11 Å². The standard InChI is InChI=1S/C17H20O2/c1-3-13-8-7-9-14(12-13)19-17-11-6-5-10-15(17)16(18)4-2/h5-12,16,18H,3-4H2,1-2H3/t16-/m1/s1. The fraction of sp³-hybridized carbons (Fsp3) is 0.294. The first-order valence-electron chi connectivity index (χ1n) is 6.78. The lowest BCUT2D eigenvalue weighted by Crippen LogP contribution is -1.98. The second kappa shape index (κ2) is 6.39. The van der Waals surface area contributed by atoms with Gasteiger partial charge in [0.2, 0.25) is 0 Å². The van der Waals surface area contributed by atoms with Crippen molar-refractivity contribution >= 4 is 0 Å². The van der Waals surface area contributed by atoms with Gasteiger partial charge < -0.3 is 9.84 Å². The number of rotatable bonds is 5. The Kier molecular flexibility index (Phi) is 4.58. The van der Waals surface area contributed by atoms with Crippen LogP contribution in [0, 0.1) is 0 Å². The molecule has 0 aliphatic heterocycles. The highest BCUT2D eigenvalue weighted by Crippen LogP contribution is 2.31. The second-order valence-corrected chi connectivity index (χ2v) is 4.56. The normalized spacial score (nSPS) is 12.2. The number of para-hydroxylation sites is 1. The summed E-state index contributed by atoms with van der Waals surface area (Å²) >= 11 is 0. The van der Waals surface area contributed by atoms with Gasteiger partial charge >= 0.3 is 0 Å². The Morgan fingerprint density at radius 3 is 2.58 bits per heavy atom. The van der Waals surface area contributed by atoms with Gasteiger partial charge in [0.05, 0.1) is 6.10 Å². The highest BCUT2D eigenvalue weighted by molar-refractivity contribution is 5.40. The molecule has 1 atom stereocenters. The number of aliphatic hydroxyl groups excluding tert-OH is 1. The molecule has 2 nitrogen and oxygen atoms in total. The van der Waals surface area contributed by atoms with Gasteiger partial charge in [-0.15, -0.1) is 0 Å². The Morgan fingerprint density at radius 2 is 1.84 bits per heavy atom. The Balaban J connectivity index is 2.27. The van der Waals surface area contributed by atoms with Gasteiger partial charge in [-0.05, 0) is 36.6 Å². The summed E-state index contributed by atoms with van der Waals surface area (Å²) in [7, 11) is 0. The molecule has 0 radical (unpaired) electrons. The highest BCUT2D eigenvalue weighted by atomic mass is 16.5. The van der Waals surface area contributed by atoms with E-state index >= 15 is 0 Å². The van der Waals surface area contributed by atoms with E-state index in [1.54, 1.807) is 0 Å². The largest absolute Gasteiger partial charge is 0.457 e. The summed E-state index contributed by atoms with van der Waals surface area (Å²) in [5, 5.41) is 10.0. The van der Waals surface area contributed by atoms with Gasteiger partial charge in [0.25, 0.3) is 0 Å². The number of benzene rings is 2. The molecule has 2 rings (SSSR count). The minimum absolute atomic E-state index is 0.481. The molecule has 0 unspecified atom stereocenters. The maximum Gasteiger partial charge on any atom is 0.133 e. The highest BCUT2D eigenvalue weighted by Gasteiger charge is 2.11. The Bertz CT molecular complexity index is 534. The van der Waals surface area contributed by atoms with Gasteiger partial charge in [0, 0.05) is 5.56 Å². The van der Waals surface area contributed by atoms with Crippen molar-refractivity contribution < 1.29 is 9.84 Å². The van der Waals surface area contributed by atoms with Crippen LogP contribution < -0.4 is 4.74 Å². The van der Waals surface area contributed by atoms with E-state index in [1.807, 2.05) is 49.4 Å². The molecule has 0 fully saturated rings. The Hall–Kier alpha value is -1.80. The number of aryl methyl sites for hydroxylation is 1. The van der Waals surface area contributed by atoms with Crippen LogP contribution in [0.1, 0.15) is 37.5 Å². The molecule has 19 heavy (non-hydrogen) atoms. The zero-order valence-electron chi connectivity index (χ0n) is 11.5. The maximum absolute atomic E-state index is 10.0. The van der Waals surface area contributed by atoms with Crippen LogP contribution >= 0.6 is 0 Å². The molecule has 2 aromatic rings. The molecule has 1 N–H and O–H groups in total. The van der Waals surface area contributed by atoms with E-state index < -0.39 is 6.10 Å². The average Bonchev–Trinajstić information content (AvgIpc) is 2.47. The summed E-state index contributed by atoms with van der Waals surface area (Å²) in [6, 6.07) is 15.7. The number of aliphatic hydroxyl groups is 1. The molecule has 100 valence electrons. The predicted molar refractivity (Wildman–Crippen MR) is 77.6 cm³/mol. The summed E-state index contributed by atoms with van der Waals surface area (Å²) in [6.45, 7) is 4.08. The van der Waals surface area contributed by atoms with E-state index in [2.05, 4.69) is 13.0 Å². The van der Waals surface area contributed by atoms with Crippen LogP contribution in [0.25, 0.3) is 0 Å². The Morgan fingerprint density at radius 1 is 1.05 bits per heavy atom. The van der Waals surface area contributed by atoms with E-state index in [0.29, 0.717) is 6.42 Å². The van der Waals surface area contributed by atoms with Crippen LogP contribution in [0.3, 0.4) is 0 Å². The molecule has 0 heterocycles. The first kappa shape index (κ1) is 13.6. The molecule has 0 bridgehead atoms. The molecule has 0 aliphatic rings. The van der Waals surface area contributed by atoms with Gasteiger partial charge in [-0.25, -0.2) is 0 Å². The van der Waals surface area contributed by atoms with Crippen molar-refractivity contribution in [2.45, 2.75) is 32.8 Å². The topological polar surface area (TPSA) is 29.5 Å². The van der Waals surface area contributed by atoms with Crippen molar-refractivity contribution in [1.29, 1.82) is 0 Å². The summed E-state index contributed by atoms with van der Waals surface area (Å²) < 4.78 is 5.91. The first-order chi connectivity index (χ1) is 9.24. The molecule has 0 amide bonds. The molecule has 0 spiro atoms. The third-order valence-electron chi connectivity index (χ3n) is 3.20. The van der Waals surface area contributed by atoms with Crippen molar-refractivity contribution in [3.05, 3.63) is 59.7 Å². The summed E-state index contributed by atoms with van der Waals surface area (Å²) in [5.41, 5.74) is 2.08. The summed E-state index contributed by atoms with van der Waals surface area (Å²) in [5.74, 6) is 1.54. The maximum atomic E-state index is 10.0. The van der Waals surface area contributed by atoms with Gasteiger partial charge in [0.1, 0.15) is 11.5 Å². The number of ether oxygens (including phenoxy) is 1. The van der Waals surface area contributed by atoms with Crippen LogP contribution in [0.2, 0.25) is 0 Å². The zero-order chi connectivity index (χ0) is 13.7. The molecular formula is C17H20O2. The van der Waals surface area contributed by atoms with Gasteiger partial charge in [-0.1, -0.05) is 44.2 Å². The SMILES string of the molecule is CCc1cccc(Oc2ccccc2[C@H](O)CC)c1. The van der Waals surface area contributed by atoms with Crippen molar-refractivity contribution in [1.82, 2.24) is 0 Å². The lowest BCUT2D eigenvalue weighted by atomic mass is 10.1. The monoisotopic (exact) mass is 256 g/mol. The minimum atomic E-state index is -0.481. The average molecular weight is 256 g/mol. The Labute approximate surface area is 114 Å². The molecule has 0 aliphatic carbocycles. The van der Waals surface area contributed by atoms with E-state index in [-0.39, 0.29) is 0 Å². The summed E-state index contributed by atoms with van der Waals surface area (Å²) in [6.07, 6.45) is 1.18. The van der Waals surface area contributed by atoms with E-state index in [0.717, 1.165) is 23.5 Å². The fourth-order valence-corrected chi connectivity index (χ4v) is 2.02. The van der Waals surface area contributed by atoms with E-state index in [1.165, 1.54) is 5.56 Å². The lowest BCUT2D eigenvalue weighted by Gasteiger charge is -2.15. The lowest BCUT2D eigenvalue weighted by molar-refractivity contribution is 0.170. The smallest absolute Gasteiger partial charge is 0.133 e. The molecule has 2 heteroatoms. The number of hydrogen-bond donors (Lipinski definition) is 1. The molecule has 0 aromatic heterocycles. The van der Waals surface area contributed by atoms with Crippen LogP contribution in [0.4, 0.5) is 0 Å². The minimum Gasteiger partial charge on any atom is -0.457 e. The van der Waals surface area contributed by atoms with Crippen molar-refractivity contribution in [3.63, 3.8) is 0 Å². The molecule has 0 saturated heterocycles. The first-order valence-corrected chi connectivity index (χ1v) is 6.78. The third kappa shape index (κ3) is 3.36. The van der Waals surface area contributed by atoms with Gasteiger partial charge in [0.15, 0.2) is 0 Å². The van der Waals surface area contributed by atoms with Crippen LogP contribution in [0.5, 0.6) is 11.5 Å². The van der Waals surface area contributed by atoms with E-state index in [4.69, 9.17) is 4.74 Å². The van der Waals surface area contributed by atoms with Crippen LogP contribution in [-0.2, 0) is 6.42 Å². The van der Waals surface area contributed by atoms with Crippen molar-refractivity contribution in [3.8, 4) is 11.5 Å². The quantitative estimate of drug-likeness (QED) is 0.854. The predicted octanol–water partition coefficient (Wildman–Crippen LogP) is 4.48. The van der Waals surface area contributed by atoms with Gasteiger partial charge in [-0.3, -0.25) is 0 Å². The number of hydrogen-bond acceptors (Lipinski definition) is 2. The molecular weight excluding hydrogens is 236 g/mol. The van der Waals surface area contributed by atoms with Crippen LogP contribution in [-0.4, -0.2) is 5.11 Å². The fourth-order valence-electron chi connectivity index (χ4n) is 2.02. The molecule has 2 aromatic carbocycles. The zero-order valence-corrected chi connectivity index (χ0v) is 11.5. The van der Waals surface area contributed by atoms with Crippen molar-refractivity contribution in [2.75, 3.05) is 0 Å². The van der Waals surface area contributed by atoms with Gasteiger partial charge in [-0.2, -0.15) is 0 Å². The molecule has 0 saturated carbocycles. The van der Waals surface area contributed by atoms with Crippen LogP contribution in [0.15, 0.2) is 48.5 Å². The van der Waals surface area contributed by atoms with Crippen molar-refractivity contribution in [2.24, 2.45) is 0 Å². The third-order valence-corrected chi connectivity index (χ3v) is 3.20.